The summed E-state index contributed by atoms with van der Waals surface area (Å²) in [6.45, 7) is 4.23. The van der Waals surface area contributed by atoms with E-state index in [1.165, 1.54) is 0 Å². The zero-order valence-electron chi connectivity index (χ0n) is 8.36. The van der Waals surface area contributed by atoms with Crippen LogP contribution in [0.2, 0.25) is 0 Å². The Morgan fingerprint density at radius 3 is 2.64 bits per heavy atom. The average molecular weight is 218 g/mol. The maximum Gasteiger partial charge on any atom is 0.162 e. The van der Waals surface area contributed by atoms with Crippen molar-refractivity contribution in [2.75, 3.05) is 6.61 Å². The molecular weight excluding hydrogens is 202 g/mol. The summed E-state index contributed by atoms with van der Waals surface area (Å²) < 4.78 is 5.22. The number of rotatable bonds is 3. The third kappa shape index (κ3) is 2.79. The predicted molar refractivity (Wildman–Crippen MR) is 59.1 cm³/mol. The molecule has 0 aliphatic carbocycles. The van der Waals surface area contributed by atoms with Crippen molar-refractivity contribution < 1.29 is 9.84 Å². The van der Waals surface area contributed by atoms with Crippen LogP contribution in [0.15, 0.2) is 18.2 Å². The molecule has 1 aromatic rings. The van der Waals surface area contributed by atoms with Crippen molar-refractivity contribution in [1.29, 1.82) is 0 Å². The number of phenols is 1. The number of ether oxygens (including phenoxy) is 1. The highest BCUT2D eigenvalue weighted by molar-refractivity contribution is 5.85. The first-order chi connectivity index (χ1) is 6.16. The van der Waals surface area contributed by atoms with Crippen LogP contribution in [0.4, 0.5) is 0 Å². The Kier molecular flexibility index (Phi) is 5.35. The summed E-state index contributed by atoms with van der Waals surface area (Å²) in [5, 5.41) is 9.69. The Hall–Kier alpha value is -0.930. The molecule has 0 aliphatic heterocycles. The highest BCUT2D eigenvalue weighted by Crippen LogP contribution is 2.32. The summed E-state index contributed by atoms with van der Waals surface area (Å²) in [5.41, 5.74) is 6.38. The molecule has 0 fully saturated rings. The van der Waals surface area contributed by atoms with Gasteiger partial charge in [0, 0.05) is 11.6 Å². The molecule has 0 radical (unpaired) electrons. The monoisotopic (exact) mass is 217 g/mol. The van der Waals surface area contributed by atoms with Crippen molar-refractivity contribution in [3.05, 3.63) is 23.8 Å². The van der Waals surface area contributed by atoms with Gasteiger partial charge in [0.1, 0.15) is 0 Å². The lowest BCUT2D eigenvalue weighted by Crippen LogP contribution is -2.05. The minimum absolute atomic E-state index is 0. The van der Waals surface area contributed by atoms with Gasteiger partial charge in [0.15, 0.2) is 11.5 Å². The number of hydrogen-bond donors (Lipinski definition) is 2. The van der Waals surface area contributed by atoms with Gasteiger partial charge < -0.3 is 15.6 Å². The number of para-hydroxylation sites is 1. The maximum atomic E-state index is 9.69. The number of hydrogen-bond acceptors (Lipinski definition) is 3. The van der Waals surface area contributed by atoms with E-state index in [0.717, 1.165) is 0 Å². The van der Waals surface area contributed by atoms with Gasteiger partial charge in [0.05, 0.1) is 6.61 Å². The van der Waals surface area contributed by atoms with Gasteiger partial charge in [0.25, 0.3) is 0 Å². The van der Waals surface area contributed by atoms with Gasteiger partial charge in [-0.2, -0.15) is 0 Å². The summed E-state index contributed by atoms with van der Waals surface area (Å²) in [7, 11) is 0. The maximum absolute atomic E-state index is 9.69. The quantitative estimate of drug-likeness (QED) is 0.817. The van der Waals surface area contributed by atoms with Gasteiger partial charge in [-0.3, -0.25) is 0 Å². The van der Waals surface area contributed by atoms with Crippen LogP contribution in [-0.4, -0.2) is 11.7 Å². The number of phenolic OH excluding ortho intramolecular Hbond substituents is 1. The van der Waals surface area contributed by atoms with Gasteiger partial charge in [-0.05, 0) is 19.9 Å². The Bertz CT molecular complexity index is 289. The molecule has 4 heteroatoms. The van der Waals surface area contributed by atoms with Crippen LogP contribution in [0, 0.1) is 0 Å². The fraction of sp³-hybridized carbons (Fsp3) is 0.400. The second-order valence-corrected chi connectivity index (χ2v) is 2.92. The molecule has 0 unspecified atom stereocenters. The van der Waals surface area contributed by atoms with Crippen molar-refractivity contribution in [3.8, 4) is 11.5 Å². The molecule has 3 nitrogen and oxygen atoms in total. The molecule has 1 aromatic carbocycles. The van der Waals surface area contributed by atoms with Gasteiger partial charge >= 0.3 is 0 Å². The third-order valence-electron chi connectivity index (χ3n) is 1.82. The molecule has 0 aliphatic rings. The molecule has 0 bridgehead atoms. The van der Waals surface area contributed by atoms with E-state index in [1.807, 2.05) is 19.9 Å². The van der Waals surface area contributed by atoms with E-state index in [-0.39, 0.29) is 24.2 Å². The number of benzene rings is 1. The second kappa shape index (κ2) is 5.73. The highest BCUT2D eigenvalue weighted by atomic mass is 35.5. The summed E-state index contributed by atoms with van der Waals surface area (Å²) in [5.74, 6) is 0.650. The zero-order chi connectivity index (χ0) is 9.84. The van der Waals surface area contributed by atoms with E-state index in [4.69, 9.17) is 10.5 Å². The van der Waals surface area contributed by atoms with Crippen molar-refractivity contribution >= 4 is 12.4 Å². The molecule has 0 aromatic heterocycles. The lowest BCUT2D eigenvalue weighted by atomic mass is 10.1. The first-order valence-electron chi connectivity index (χ1n) is 4.37. The van der Waals surface area contributed by atoms with Crippen molar-refractivity contribution in [2.45, 2.75) is 19.9 Å². The molecular formula is C10H16ClNO2. The van der Waals surface area contributed by atoms with Crippen molar-refractivity contribution in [2.24, 2.45) is 5.73 Å². The normalized spacial score (nSPS) is 11.6. The molecule has 80 valence electrons. The van der Waals surface area contributed by atoms with Gasteiger partial charge in [-0.25, -0.2) is 0 Å². The molecule has 0 amide bonds. The van der Waals surface area contributed by atoms with E-state index in [2.05, 4.69) is 0 Å². The van der Waals surface area contributed by atoms with E-state index >= 15 is 0 Å². The zero-order valence-corrected chi connectivity index (χ0v) is 9.17. The van der Waals surface area contributed by atoms with Crippen LogP contribution in [-0.2, 0) is 0 Å². The largest absolute Gasteiger partial charge is 0.504 e. The van der Waals surface area contributed by atoms with Crippen LogP contribution < -0.4 is 10.5 Å². The van der Waals surface area contributed by atoms with Crippen LogP contribution in [0.3, 0.4) is 0 Å². The Balaban J connectivity index is 0.00000169. The second-order valence-electron chi connectivity index (χ2n) is 2.92. The summed E-state index contributed by atoms with van der Waals surface area (Å²) in [6.07, 6.45) is 0. The van der Waals surface area contributed by atoms with Gasteiger partial charge in [-0.15, -0.1) is 12.4 Å². The number of halogens is 1. The minimum atomic E-state index is -0.180. The standard InChI is InChI=1S/C10H15NO2.ClH/c1-3-13-9-6-4-5-8(7(2)11)10(9)12;/h4-7,12H,3,11H2,1-2H3;1H/t7-;/m0./s1. The van der Waals surface area contributed by atoms with E-state index in [0.29, 0.717) is 17.9 Å². The van der Waals surface area contributed by atoms with Gasteiger partial charge in [-0.1, -0.05) is 12.1 Å². The predicted octanol–water partition coefficient (Wildman–Crippen LogP) is 2.23. The topological polar surface area (TPSA) is 55.5 Å². The molecule has 14 heavy (non-hydrogen) atoms. The van der Waals surface area contributed by atoms with E-state index in [1.54, 1.807) is 12.1 Å². The molecule has 0 heterocycles. The van der Waals surface area contributed by atoms with Crippen LogP contribution in [0.25, 0.3) is 0 Å². The highest BCUT2D eigenvalue weighted by Gasteiger charge is 2.10. The molecule has 1 atom stereocenters. The fourth-order valence-corrected chi connectivity index (χ4v) is 1.18. The molecule has 3 N–H and O–H groups in total. The summed E-state index contributed by atoms with van der Waals surface area (Å²) in [4.78, 5) is 0. The van der Waals surface area contributed by atoms with Gasteiger partial charge in [0.2, 0.25) is 0 Å². The van der Waals surface area contributed by atoms with Crippen LogP contribution >= 0.6 is 12.4 Å². The molecule has 0 spiro atoms. The average Bonchev–Trinajstić information content (AvgIpc) is 2.08. The first-order valence-corrected chi connectivity index (χ1v) is 4.37. The van der Waals surface area contributed by atoms with E-state index < -0.39 is 0 Å². The minimum Gasteiger partial charge on any atom is -0.504 e. The van der Waals surface area contributed by atoms with Crippen molar-refractivity contribution in [1.82, 2.24) is 0 Å². The smallest absolute Gasteiger partial charge is 0.162 e. The third-order valence-corrected chi connectivity index (χ3v) is 1.82. The molecule has 1 rings (SSSR count). The lowest BCUT2D eigenvalue weighted by Gasteiger charge is -2.11. The van der Waals surface area contributed by atoms with Crippen molar-refractivity contribution in [3.63, 3.8) is 0 Å². The Labute approximate surface area is 90.3 Å². The van der Waals surface area contributed by atoms with E-state index in [9.17, 15) is 5.11 Å². The fourth-order valence-electron chi connectivity index (χ4n) is 1.18. The molecule has 0 saturated carbocycles. The Morgan fingerprint density at radius 1 is 1.50 bits per heavy atom. The first kappa shape index (κ1) is 13.1. The summed E-state index contributed by atoms with van der Waals surface area (Å²) >= 11 is 0. The number of nitrogens with two attached hydrogens (primary N) is 1. The summed E-state index contributed by atoms with van der Waals surface area (Å²) in [6, 6.07) is 5.16. The number of aromatic hydroxyl groups is 1. The lowest BCUT2D eigenvalue weighted by molar-refractivity contribution is 0.316. The SMILES string of the molecule is CCOc1cccc([C@H](C)N)c1O.Cl. The van der Waals surface area contributed by atoms with Crippen LogP contribution in [0.1, 0.15) is 25.5 Å². The molecule has 0 saturated heterocycles. The Morgan fingerprint density at radius 2 is 2.14 bits per heavy atom. The van der Waals surface area contributed by atoms with Crippen LogP contribution in [0.5, 0.6) is 11.5 Å².